The molecule has 7 heteroatoms. The summed E-state index contributed by atoms with van der Waals surface area (Å²) < 4.78 is 5.32. The molecule has 1 amide bonds. The number of nitrogens with zero attached hydrogens (tertiary/aromatic N) is 1. The number of amides is 1. The van der Waals surface area contributed by atoms with E-state index in [0.29, 0.717) is 26.5 Å². The van der Waals surface area contributed by atoms with Crippen LogP contribution in [-0.4, -0.2) is 23.3 Å². The monoisotopic (exact) mass is 324 g/mol. The van der Waals surface area contributed by atoms with Crippen LogP contribution in [0.2, 0.25) is 5.02 Å². The van der Waals surface area contributed by atoms with Gasteiger partial charge < -0.3 is 4.74 Å². The number of carbonyl (C=O) groups is 2. The molecule has 0 radical (unpaired) electrons. The van der Waals surface area contributed by atoms with Gasteiger partial charge in [-0.1, -0.05) is 22.9 Å². The lowest BCUT2D eigenvalue weighted by atomic mass is 10.3. The fourth-order valence-electron chi connectivity index (χ4n) is 1.61. The van der Waals surface area contributed by atoms with Crippen molar-refractivity contribution in [3.05, 3.63) is 39.9 Å². The zero-order chi connectivity index (χ0) is 15.4. The minimum atomic E-state index is -0.339. The number of rotatable bonds is 5. The smallest absolute Gasteiger partial charge is 0.264 e. The van der Waals surface area contributed by atoms with Crippen LogP contribution >= 0.6 is 22.9 Å². The fraction of sp³-hybridized carbons (Fsp3) is 0.214. The minimum Gasteiger partial charge on any atom is -0.484 e. The topological polar surface area (TPSA) is 68.3 Å². The third kappa shape index (κ3) is 4.27. The van der Waals surface area contributed by atoms with Gasteiger partial charge in [0.1, 0.15) is 5.75 Å². The SMILES string of the molecule is CC(=O)c1sc(NC(=O)COc2ccc(Cl)cc2)nc1C. The van der Waals surface area contributed by atoms with E-state index in [2.05, 4.69) is 10.3 Å². The normalized spacial score (nSPS) is 10.2. The Morgan fingerprint density at radius 2 is 2.00 bits per heavy atom. The zero-order valence-electron chi connectivity index (χ0n) is 11.5. The van der Waals surface area contributed by atoms with Crippen molar-refractivity contribution in [2.24, 2.45) is 0 Å². The van der Waals surface area contributed by atoms with E-state index in [1.54, 1.807) is 31.2 Å². The van der Waals surface area contributed by atoms with Crippen LogP contribution in [0.5, 0.6) is 5.75 Å². The highest BCUT2D eigenvalue weighted by Crippen LogP contribution is 2.23. The van der Waals surface area contributed by atoms with Crippen LogP contribution in [0.1, 0.15) is 22.3 Å². The van der Waals surface area contributed by atoms with E-state index in [1.807, 2.05) is 0 Å². The molecule has 0 atom stereocenters. The van der Waals surface area contributed by atoms with Crippen molar-refractivity contribution in [3.8, 4) is 5.75 Å². The van der Waals surface area contributed by atoms with Crippen LogP contribution in [0.3, 0.4) is 0 Å². The molecule has 0 aliphatic rings. The van der Waals surface area contributed by atoms with E-state index >= 15 is 0 Å². The van der Waals surface area contributed by atoms with E-state index in [4.69, 9.17) is 16.3 Å². The van der Waals surface area contributed by atoms with Gasteiger partial charge in [-0.05, 0) is 31.2 Å². The molecule has 2 aromatic rings. The second kappa shape index (κ2) is 6.69. The third-order valence-corrected chi connectivity index (χ3v) is 3.97. The zero-order valence-corrected chi connectivity index (χ0v) is 13.0. The number of nitrogens with one attached hydrogen (secondary N) is 1. The molecule has 1 heterocycles. The van der Waals surface area contributed by atoms with Crippen LogP contribution in [0, 0.1) is 6.92 Å². The number of anilines is 1. The van der Waals surface area contributed by atoms with Crippen molar-refractivity contribution in [2.45, 2.75) is 13.8 Å². The Bertz CT molecular complexity index is 667. The maximum atomic E-state index is 11.8. The number of benzene rings is 1. The molecule has 0 saturated heterocycles. The summed E-state index contributed by atoms with van der Waals surface area (Å²) in [4.78, 5) is 27.8. The first kappa shape index (κ1) is 15.5. The van der Waals surface area contributed by atoms with Crippen molar-refractivity contribution in [1.29, 1.82) is 0 Å². The maximum Gasteiger partial charge on any atom is 0.264 e. The molecule has 2 rings (SSSR count). The molecule has 0 bridgehead atoms. The summed E-state index contributed by atoms with van der Waals surface area (Å²) in [6.07, 6.45) is 0. The molecular weight excluding hydrogens is 312 g/mol. The molecule has 1 aromatic carbocycles. The largest absolute Gasteiger partial charge is 0.484 e. The average Bonchev–Trinajstić information content (AvgIpc) is 2.79. The lowest BCUT2D eigenvalue weighted by Gasteiger charge is -2.05. The molecule has 0 aliphatic carbocycles. The number of Topliss-reactive ketones (excluding diaryl/α,β-unsaturated/α-hetero) is 1. The Kier molecular flexibility index (Phi) is 4.93. The first-order valence-corrected chi connectivity index (χ1v) is 7.31. The lowest BCUT2D eigenvalue weighted by Crippen LogP contribution is -2.20. The summed E-state index contributed by atoms with van der Waals surface area (Å²) in [6.45, 7) is 3.05. The molecule has 21 heavy (non-hydrogen) atoms. The van der Waals surface area contributed by atoms with Crippen LogP contribution in [0.15, 0.2) is 24.3 Å². The van der Waals surface area contributed by atoms with Gasteiger partial charge in [-0.15, -0.1) is 0 Å². The molecule has 5 nitrogen and oxygen atoms in total. The Balaban J connectivity index is 1.91. The molecule has 0 saturated carbocycles. The highest BCUT2D eigenvalue weighted by Gasteiger charge is 2.13. The van der Waals surface area contributed by atoms with Crippen LogP contribution < -0.4 is 10.1 Å². The van der Waals surface area contributed by atoms with E-state index < -0.39 is 0 Å². The van der Waals surface area contributed by atoms with Crippen molar-refractivity contribution in [3.63, 3.8) is 0 Å². The summed E-state index contributed by atoms with van der Waals surface area (Å²) >= 11 is 6.91. The number of hydrogen-bond acceptors (Lipinski definition) is 5. The van der Waals surface area contributed by atoms with Crippen molar-refractivity contribution >= 4 is 39.8 Å². The lowest BCUT2D eigenvalue weighted by molar-refractivity contribution is -0.118. The third-order valence-electron chi connectivity index (χ3n) is 2.55. The Morgan fingerprint density at radius 1 is 1.33 bits per heavy atom. The maximum absolute atomic E-state index is 11.8. The van der Waals surface area contributed by atoms with Crippen LogP contribution in [0.4, 0.5) is 5.13 Å². The first-order valence-electron chi connectivity index (χ1n) is 6.12. The molecular formula is C14H13ClN2O3S. The van der Waals surface area contributed by atoms with Crippen LogP contribution in [0.25, 0.3) is 0 Å². The van der Waals surface area contributed by atoms with E-state index in [1.165, 1.54) is 6.92 Å². The molecule has 0 fully saturated rings. The van der Waals surface area contributed by atoms with Crippen LogP contribution in [-0.2, 0) is 4.79 Å². The summed E-state index contributed by atoms with van der Waals surface area (Å²) in [5.74, 6) is 0.144. The van der Waals surface area contributed by atoms with Gasteiger partial charge in [0.25, 0.3) is 5.91 Å². The fourth-order valence-corrected chi connectivity index (χ4v) is 2.62. The molecule has 1 N–H and O–H groups in total. The predicted octanol–water partition coefficient (Wildman–Crippen LogP) is 3.33. The van der Waals surface area contributed by atoms with E-state index in [-0.39, 0.29) is 18.3 Å². The summed E-state index contributed by atoms with van der Waals surface area (Å²) in [7, 11) is 0. The molecule has 110 valence electrons. The number of ether oxygens (including phenoxy) is 1. The van der Waals surface area contributed by atoms with Gasteiger partial charge in [0, 0.05) is 11.9 Å². The van der Waals surface area contributed by atoms with Gasteiger partial charge in [-0.2, -0.15) is 0 Å². The highest BCUT2D eigenvalue weighted by molar-refractivity contribution is 7.17. The number of halogens is 1. The standard InChI is InChI=1S/C14H13ClN2O3S/c1-8-13(9(2)18)21-14(16-8)17-12(19)7-20-11-5-3-10(15)4-6-11/h3-6H,7H2,1-2H3,(H,16,17,19). The summed E-state index contributed by atoms with van der Waals surface area (Å²) in [6, 6.07) is 6.71. The van der Waals surface area contributed by atoms with E-state index in [9.17, 15) is 9.59 Å². The first-order chi connectivity index (χ1) is 9.95. The van der Waals surface area contributed by atoms with Gasteiger partial charge in [0.15, 0.2) is 17.5 Å². The summed E-state index contributed by atoms with van der Waals surface area (Å²) in [5.41, 5.74) is 0.612. The second-order valence-electron chi connectivity index (χ2n) is 4.28. The average molecular weight is 325 g/mol. The molecule has 0 spiro atoms. The number of aromatic nitrogens is 1. The molecule has 1 aromatic heterocycles. The Labute approximate surface area is 130 Å². The Hall–Kier alpha value is -1.92. The van der Waals surface area contributed by atoms with Crippen molar-refractivity contribution in [2.75, 3.05) is 11.9 Å². The van der Waals surface area contributed by atoms with Gasteiger partial charge in [0.05, 0.1) is 10.6 Å². The highest BCUT2D eigenvalue weighted by atomic mass is 35.5. The van der Waals surface area contributed by atoms with E-state index in [0.717, 1.165) is 11.3 Å². The predicted molar refractivity (Wildman–Crippen MR) is 82.4 cm³/mol. The number of hydrogen-bond donors (Lipinski definition) is 1. The number of carbonyl (C=O) groups excluding carboxylic acids is 2. The second-order valence-corrected chi connectivity index (χ2v) is 5.72. The van der Waals surface area contributed by atoms with Crippen molar-refractivity contribution < 1.29 is 14.3 Å². The quantitative estimate of drug-likeness (QED) is 0.857. The van der Waals surface area contributed by atoms with Gasteiger partial charge >= 0.3 is 0 Å². The number of aryl methyl sites for hydroxylation is 1. The summed E-state index contributed by atoms with van der Waals surface area (Å²) in [5, 5.41) is 3.59. The number of ketones is 1. The van der Waals surface area contributed by atoms with Crippen molar-refractivity contribution in [1.82, 2.24) is 4.98 Å². The number of thiazole rings is 1. The molecule has 0 aliphatic heterocycles. The van der Waals surface area contributed by atoms with Gasteiger partial charge in [0.2, 0.25) is 0 Å². The minimum absolute atomic E-state index is 0.0667. The Morgan fingerprint density at radius 3 is 2.57 bits per heavy atom. The van der Waals surface area contributed by atoms with Gasteiger partial charge in [-0.25, -0.2) is 4.98 Å². The molecule has 0 unspecified atom stereocenters. The van der Waals surface area contributed by atoms with Gasteiger partial charge in [-0.3, -0.25) is 14.9 Å².